The molecule has 2 fully saturated rings. The van der Waals surface area contributed by atoms with Gasteiger partial charge in [0.05, 0.1) is 6.61 Å². The van der Waals surface area contributed by atoms with E-state index in [1.54, 1.807) is 30.3 Å². The molecule has 1 heterocycles. The lowest BCUT2D eigenvalue weighted by Gasteiger charge is -2.31. The molecule has 1 saturated heterocycles. The highest BCUT2D eigenvalue weighted by Crippen LogP contribution is 2.43. The summed E-state index contributed by atoms with van der Waals surface area (Å²) in [4.78, 5) is 25.6. The van der Waals surface area contributed by atoms with Crippen molar-refractivity contribution in [1.29, 1.82) is 0 Å². The number of carbonyl (C=O) groups is 2. The van der Waals surface area contributed by atoms with Crippen LogP contribution in [0.15, 0.2) is 42.5 Å². The molecular formula is C22H20O4. The summed E-state index contributed by atoms with van der Waals surface area (Å²) in [6.07, 6.45) is 5.16. The number of hydrogen-bond donors (Lipinski definition) is 0. The summed E-state index contributed by atoms with van der Waals surface area (Å²) in [5.41, 5.74) is 2.82. The van der Waals surface area contributed by atoms with Gasteiger partial charge >= 0.3 is 0 Å². The van der Waals surface area contributed by atoms with Gasteiger partial charge in [-0.1, -0.05) is 36.8 Å². The first-order valence-corrected chi connectivity index (χ1v) is 9.31. The standard InChI is InChI=1S/C22H20O4/c23-20-15-6-2-3-7-16(15)21(24)18-12-14(8-9-17(18)20)19-13-25-22(26-19)10-4-1-5-11-22/h2-3,6-9,12,19H,1,4-5,10-11,13H2. The van der Waals surface area contributed by atoms with Crippen LogP contribution in [0.1, 0.15) is 75.6 Å². The minimum Gasteiger partial charge on any atom is -0.347 e. The predicted molar refractivity (Wildman–Crippen MR) is 95.3 cm³/mol. The lowest BCUT2D eigenvalue weighted by molar-refractivity contribution is -0.187. The van der Waals surface area contributed by atoms with Crippen LogP contribution in [-0.4, -0.2) is 24.0 Å². The van der Waals surface area contributed by atoms with E-state index in [0.717, 1.165) is 31.2 Å². The van der Waals surface area contributed by atoms with Gasteiger partial charge in [-0.2, -0.15) is 0 Å². The Balaban J connectivity index is 1.49. The molecule has 0 radical (unpaired) electrons. The van der Waals surface area contributed by atoms with E-state index in [0.29, 0.717) is 28.9 Å². The molecule has 0 N–H and O–H groups in total. The third-order valence-electron chi connectivity index (χ3n) is 5.79. The minimum absolute atomic E-state index is 0.0888. The Morgan fingerprint density at radius 2 is 1.46 bits per heavy atom. The Hall–Kier alpha value is -2.30. The summed E-state index contributed by atoms with van der Waals surface area (Å²) in [6, 6.07) is 12.5. The first-order valence-electron chi connectivity index (χ1n) is 9.31. The van der Waals surface area contributed by atoms with E-state index in [2.05, 4.69) is 0 Å². The number of carbonyl (C=O) groups excluding carboxylic acids is 2. The second kappa shape index (κ2) is 5.86. The summed E-state index contributed by atoms with van der Waals surface area (Å²) in [5, 5.41) is 0. The molecule has 2 aromatic rings. The van der Waals surface area contributed by atoms with Crippen molar-refractivity contribution in [1.82, 2.24) is 0 Å². The molecule has 0 bridgehead atoms. The molecule has 1 saturated carbocycles. The highest BCUT2D eigenvalue weighted by molar-refractivity contribution is 6.28. The molecule has 1 atom stereocenters. The van der Waals surface area contributed by atoms with Gasteiger partial charge in [0.2, 0.25) is 0 Å². The fraction of sp³-hybridized carbons (Fsp3) is 0.364. The van der Waals surface area contributed by atoms with Gasteiger partial charge in [-0.15, -0.1) is 0 Å². The lowest BCUT2D eigenvalue weighted by atomic mass is 9.83. The third kappa shape index (κ3) is 2.37. The maximum Gasteiger partial charge on any atom is 0.194 e. The Morgan fingerprint density at radius 1 is 0.808 bits per heavy atom. The smallest absolute Gasteiger partial charge is 0.194 e. The number of ether oxygens (including phenoxy) is 2. The van der Waals surface area contributed by atoms with Crippen LogP contribution in [0.2, 0.25) is 0 Å². The molecule has 0 aromatic heterocycles. The van der Waals surface area contributed by atoms with Crippen molar-refractivity contribution < 1.29 is 19.1 Å². The second-order valence-electron chi connectivity index (χ2n) is 7.40. The normalized spacial score (nSPS) is 23.8. The van der Waals surface area contributed by atoms with E-state index < -0.39 is 5.79 Å². The molecule has 132 valence electrons. The van der Waals surface area contributed by atoms with Crippen LogP contribution in [0, 0.1) is 0 Å². The van der Waals surface area contributed by atoms with E-state index in [1.807, 2.05) is 12.1 Å². The van der Waals surface area contributed by atoms with E-state index in [1.165, 1.54) is 6.42 Å². The number of ketones is 2. The van der Waals surface area contributed by atoms with Crippen LogP contribution in [0.3, 0.4) is 0 Å². The van der Waals surface area contributed by atoms with Crippen molar-refractivity contribution >= 4 is 11.6 Å². The quantitative estimate of drug-likeness (QED) is 0.661. The van der Waals surface area contributed by atoms with Crippen molar-refractivity contribution in [3.63, 3.8) is 0 Å². The van der Waals surface area contributed by atoms with Crippen molar-refractivity contribution in [2.75, 3.05) is 6.61 Å². The summed E-state index contributed by atoms with van der Waals surface area (Å²) < 4.78 is 12.3. The molecular weight excluding hydrogens is 328 g/mol. The Bertz CT molecular complexity index is 908. The largest absolute Gasteiger partial charge is 0.347 e. The topological polar surface area (TPSA) is 52.6 Å². The molecule has 5 rings (SSSR count). The van der Waals surface area contributed by atoms with Gasteiger partial charge in [0.1, 0.15) is 6.10 Å². The van der Waals surface area contributed by atoms with Crippen molar-refractivity contribution in [3.05, 3.63) is 70.3 Å². The van der Waals surface area contributed by atoms with Gasteiger partial charge in [0.15, 0.2) is 17.4 Å². The third-order valence-corrected chi connectivity index (χ3v) is 5.79. The van der Waals surface area contributed by atoms with E-state index in [4.69, 9.17) is 9.47 Å². The van der Waals surface area contributed by atoms with Crippen molar-refractivity contribution in [2.24, 2.45) is 0 Å². The zero-order chi connectivity index (χ0) is 17.7. The summed E-state index contributed by atoms with van der Waals surface area (Å²) >= 11 is 0. The molecule has 1 unspecified atom stereocenters. The van der Waals surface area contributed by atoms with Crippen molar-refractivity contribution in [2.45, 2.75) is 44.0 Å². The maximum absolute atomic E-state index is 12.9. The van der Waals surface area contributed by atoms with Gasteiger partial charge in [-0.05, 0) is 30.5 Å². The van der Waals surface area contributed by atoms with Gasteiger partial charge in [0.25, 0.3) is 0 Å². The highest BCUT2D eigenvalue weighted by atomic mass is 16.7. The monoisotopic (exact) mass is 348 g/mol. The molecule has 4 heteroatoms. The van der Waals surface area contributed by atoms with Crippen molar-refractivity contribution in [3.8, 4) is 0 Å². The first kappa shape index (κ1) is 15.9. The predicted octanol–water partition coefficient (Wildman–Crippen LogP) is 4.21. The van der Waals surface area contributed by atoms with Crippen LogP contribution in [0.4, 0.5) is 0 Å². The van der Waals surface area contributed by atoms with Crippen LogP contribution in [-0.2, 0) is 9.47 Å². The molecule has 3 aliphatic rings. The van der Waals surface area contributed by atoms with E-state index in [9.17, 15) is 9.59 Å². The zero-order valence-corrected chi connectivity index (χ0v) is 14.5. The Morgan fingerprint density at radius 3 is 2.19 bits per heavy atom. The van der Waals surface area contributed by atoms with Crippen LogP contribution in [0.5, 0.6) is 0 Å². The SMILES string of the molecule is O=C1c2ccccc2C(=O)c2cc(C3COC4(CCCCC4)O3)ccc21. The minimum atomic E-state index is -0.453. The average Bonchev–Trinajstić information content (AvgIpc) is 3.09. The molecule has 0 amide bonds. The Labute approximate surface area is 152 Å². The molecule has 1 spiro atoms. The number of fused-ring (bicyclic) bond motifs is 2. The number of hydrogen-bond acceptors (Lipinski definition) is 4. The molecule has 26 heavy (non-hydrogen) atoms. The highest BCUT2D eigenvalue weighted by Gasteiger charge is 2.43. The average molecular weight is 348 g/mol. The fourth-order valence-electron chi connectivity index (χ4n) is 4.39. The second-order valence-corrected chi connectivity index (χ2v) is 7.40. The first-order chi connectivity index (χ1) is 12.7. The van der Waals surface area contributed by atoms with Crippen LogP contribution >= 0.6 is 0 Å². The fourth-order valence-corrected chi connectivity index (χ4v) is 4.39. The van der Waals surface area contributed by atoms with Gasteiger partial charge in [-0.25, -0.2) is 0 Å². The summed E-state index contributed by atoms with van der Waals surface area (Å²) in [6.45, 7) is 0.498. The molecule has 4 nitrogen and oxygen atoms in total. The Kier molecular flexibility index (Phi) is 3.59. The molecule has 1 aliphatic heterocycles. The van der Waals surface area contributed by atoms with Gasteiger partial charge in [0, 0.05) is 35.1 Å². The van der Waals surface area contributed by atoms with Crippen LogP contribution < -0.4 is 0 Å². The number of benzene rings is 2. The summed E-state index contributed by atoms with van der Waals surface area (Å²) in [5.74, 6) is -0.636. The van der Waals surface area contributed by atoms with E-state index >= 15 is 0 Å². The van der Waals surface area contributed by atoms with Gasteiger partial charge in [-0.3, -0.25) is 9.59 Å². The molecule has 2 aromatic carbocycles. The summed E-state index contributed by atoms with van der Waals surface area (Å²) in [7, 11) is 0. The van der Waals surface area contributed by atoms with Gasteiger partial charge < -0.3 is 9.47 Å². The number of rotatable bonds is 1. The van der Waals surface area contributed by atoms with Crippen LogP contribution in [0.25, 0.3) is 0 Å². The lowest BCUT2D eigenvalue weighted by Crippen LogP contribution is -2.32. The zero-order valence-electron chi connectivity index (χ0n) is 14.5. The van der Waals surface area contributed by atoms with E-state index in [-0.39, 0.29) is 17.7 Å². The molecule has 2 aliphatic carbocycles. The maximum atomic E-state index is 12.9.